The Morgan fingerprint density at radius 3 is 2.55 bits per heavy atom. The van der Waals surface area contributed by atoms with Crippen LogP contribution in [0.15, 0.2) is 18.2 Å². The van der Waals surface area contributed by atoms with Gasteiger partial charge in [0.1, 0.15) is 11.5 Å². The maximum absolute atomic E-state index is 6.02. The Morgan fingerprint density at radius 2 is 2.05 bits per heavy atom. The van der Waals surface area contributed by atoms with E-state index in [0.29, 0.717) is 6.54 Å². The van der Waals surface area contributed by atoms with Crippen LogP contribution in [0.3, 0.4) is 0 Å². The molecule has 1 saturated carbocycles. The van der Waals surface area contributed by atoms with Crippen molar-refractivity contribution in [2.24, 2.45) is 11.7 Å². The summed E-state index contributed by atoms with van der Waals surface area (Å²) in [7, 11) is 5.53. The Hall–Kier alpha value is -1.26. The first-order chi connectivity index (χ1) is 9.69. The molecule has 20 heavy (non-hydrogen) atoms. The highest BCUT2D eigenvalue weighted by Crippen LogP contribution is 2.34. The summed E-state index contributed by atoms with van der Waals surface area (Å²) in [4.78, 5) is 2.35. The summed E-state index contributed by atoms with van der Waals surface area (Å²) in [6.07, 6.45) is 4.06. The molecule has 0 saturated heterocycles. The van der Waals surface area contributed by atoms with Crippen molar-refractivity contribution in [3.05, 3.63) is 23.8 Å². The van der Waals surface area contributed by atoms with E-state index in [1.54, 1.807) is 14.2 Å². The van der Waals surface area contributed by atoms with Crippen LogP contribution in [-0.2, 0) is 0 Å². The van der Waals surface area contributed by atoms with Crippen LogP contribution in [0.4, 0.5) is 0 Å². The van der Waals surface area contributed by atoms with Gasteiger partial charge in [-0.1, -0.05) is 6.42 Å². The third-order valence-corrected chi connectivity index (χ3v) is 4.32. The first-order valence-electron chi connectivity index (χ1n) is 7.31. The second-order valence-electron chi connectivity index (χ2n) is 5.60. The molecule has 1 aliphatic rings. The van der Waals surface area contributed by atoms with Crippen molar-refractivity contribution >= 4 is 0 Å². The highest BCUT2D eigenvalue weighted by Gasteiger charge is 2.25. The van der Waals surface area contributed by atoms with Crippen molar-refractivity contribution in [1.82, 2.24) is 4.90 Å². The molecule has 1 atom stereocenters. The number of nitrogens with two attached hydrogens (primary N) is 1. The van der Waals surface area contributed by atoms with Crippen LogP contribution in [0.5, 0.6) is 11.5 Å². The predicted octanol–water partition coefficient (Wildman–Crippen LogP) is 2.44. The molecular weight excluding hydrogens is 252 g/mol. The number of likely N-dealkylation sites (N-methyl/N-ethyl adjacent to an activating group) is 1. The van der Waals surface area contributed by atoms with Crippen molar-refractivity contribution in [2.45, 2.75) is 25.3 Å². The molecule has 4 nitrogen and oxygen atoms in total. The largest absolute Gasteiger partial charge is 0.497 e. The molecule has 0 radical (unpaired) electrons. The molecule has 2 N–H and O–H groups in total. The minimum absolute atomic E-state index is 0.167. The molecule has 1 aliphatic carbocycles. The quantitative estimate of drug-likeness (QED) is 0.832. The third-order valence-electron chi connectivity index (χ3n) is 4.32. The summed E-state index contributed by atoms with van der Waals surface area (Å²) in [5, 5.41) is 0. The lowest BCUT2D eigenvalue weighted by Gasteiger charge is -2.35. The van der Waals surface area contributed by atoms with E-state index in [4.69, 9.17) is 15.2 Å². The summed E-state index contributed by atoms with van der Waals surface area (Å²) >= 11 is 0. The molecular formula is C16H26N2O2. The van der Waals surface area contributed by atoms with Crippen molar-refractivity contribution in [2.75, 3.05) is 34.4 Å². The molecule has 0 aromatic heterocycles. The average Bonchev–Trinajstić information content (AvgIpc) is 2.43. The third kappa shape index (κ3) is 3.25. The van der Waals surface area contributed by atoms with E-state index in [0.717, 1.165) is 29.5 Å². The number of methoxy groups -OCH3 is 2. The topological polar surface area (TPSA) is 47.7 Å². The lowest BCUT2D eigenvalue weighted by Crippen LogP contribution is -2.36. The highest BCUT2D eigenvalue weighted by molar-refractivity contribution is 5.42. The van der Waals surface area contributed by atoms with Gasteiger partial charge in [-0.25, -0.2) is 0 Å². The maximum Gasteiger partial charge on any atom is 0.123 e. The van der Waals surface area contributed by atoms with Gasteiger partial charge in [-0.15, -0.1) is 0 Å². The Balaban J connectivity index is 2.19. The molecule has 1 fully saturated rings. The molecule has 0 bridgehead atoms. The first-order valence-corrected chi connectivity index (χ1v) is 7.31. The zero-order valence-corrected chi connectivity index (χ0v) is 12.8. The van der Waals surface area contributed by atoms with Crippen LogP contribution in [0, 0.1) is 5.92 Å². The van der Waals surface area contributed by atoms with E-state index in [9.17, 15) is 0 Å². The summed E-state index contributed by atoms with van der Waals surface area (Å²) < 4.78 is 10.8. The molecule has 0 spiro atoms. The Labute approximate surface area is 121 Å². The number of nitrogens with zero attached hydrogens (tertiary/aromatic N) is 1. The van der Waals surface area contributed by atoms with E-state index in [2.05, 4.69) is 11.9 Å². The average molecular weight is 278 g/mol. The van der Waals surface area contributed by atoms with Crippen molar-refractivity contribution < 1.29 is 9.47 Å². The second kappa shape index (κ2) is 6.95. The lowest BCUT2D eigenvalue weighted by molar-refractivity contribution is 0.163. The Morgan fingerprint density at radius 1 is 1.30 bits per heavy atom. The summed E-state index contributed by atoms with van der Waals surface area (Å²) in [5.74, 6) is 2.55. The van der Waals surface area contributed by atoms with E-state index in [1.165, 1.54) is 19.3 Å². The molecule has 1 aromatic carbocycles. The summed E-state index contributed by atoms with van der Waals surface area (Å²) in [5.41, 5.74) is 7.13. The summed E-state index contributed by atoms with van der Waals surface area (Å²) in [6.45, 7) is 1.68. The van der Waals surface area contributed by atoms with Gasteiger partial charge in [0.05, 0.1) is 20.3 Å². The highest BCUT2D eigenvalue weighted by atomic mass is 16.5. The van der Waals surface area contributed by atoms with Crippen LogP contribution in [0.1, 0.15) is 30.9 Å². The molecule has 1 aromatic rings. The number of benzene rings is 1. The molecule has 0 aliphatic heterocycles. The van der Waals surface area contributed by atoms with Gasteiger partial charge in [0.2, 0.25) is 0 Å². The fraction of sp³-hybridized carbons (Fsp3) is 0.625. The smallest absolute Gasteiger partial charge is 0.123 e. The van der Waals surface area contributed by atoms with Gasteiger partial charge in [-0.3, -0.25) is 4.90 Å². The number of rotatable bonds is 7. The van der Waals surface area contributed by atoms with Crippen molar-refractivity contribution in [3.63, 3.8) is 0 Å². The van der Waals surface area contributed by atoms with Crippen LogP contribution < -0.4 is 15.2 Å². The second-order valence-corrected chi connectivity index (χ2v) is 5.60. The monoisotopic (exact) mass is 278 g/mol. The molecule has 0 heterocycles. The predicted molar refractivity (Wildman–Crippen MR) is 81.3 cm³/mol. The molecule has 1 unspecified atom stereocenters. The molecule has 4 heteroatoms. The van der Waals surface area contributed by atoms with E-state index < -0.39 is 0 Å². The number of ether oxygens (including phenoxy) is 2. The normalized spacial score (nSPS) is 16.9. The first kappa shape index (κ1) is 15.1. The van der Waals surface area contributed by atoms with Crippen LogP contribution >= 0.6 is 0 Å². The van der Waals surface area contributed by atoms with Gasteiger partial charge >= 0.3 is 0 Å². The van der Waals surface area contributed by atoms with Crippen LogP contribution in [0.2, 0.25) is 0 Å². The summed E-state index contributed by atoms with van der Waals surface area (Å²) in [6, 6.07) is 6.07. The zero-order valence-electron chi connectivity index (χ0n) is 12.8. The zero-order chi connectivity index (χ0) is 14.5. The van der Waals surface area contributed by atoms with Crippen molar-refractivity contribution in [3.8, 4) is 11.5 Å². The van der Waals surface area contributed by atoms with Gasteiger partial charge in [-0.05, 0) is 44.0 Å². The standard InChI is InChI=1S/C16H26N2O2/c1-18(11-12-5-4-6-12)15(10-17)14-9-13(19-2)7-8-16(14)20-3/h7-9,12,15H,4-6,10-11,17H2,1-3H3. The van der Waals surface area contributed by atoms with Gasteiger partial charge in [0, 0.05) is 18.7 Å². The lowest BCUT2D eigenvalue weighted by atomic mass is 9.84. The Kier molecular flexibility index (Phi) is 5.26. The van der Waals surface area contributed by atoms with Gasteiger partial charge in [-0.2, -0.15) is 0 Å². The molecule has 112 valence electrons. The fourth-order valence-corrected chi connectivity index (χ4v) is 2.85. The number of hydrogen-bond donors (Lipinski definition) is 1. The van der Waals surface area contributed by atoms with E-state index >= 15 is 0 Å². The van der Waals surface area contributed by atoms with Gasteiger partial charge in [0.15, 0.2) is 0 Å². The van der Waals surface area contributed by atoms with Crippen LogP contribution in [-0.4, -0.2) is 39.3 Å². The number of hydrogen-bond acceptors (Lipinski definition) is 4. The van der Waals surface area contributed by atoms with Crippen LogP contribution in [0.25, 0.3) is 0 Å². The molecule has 2 rings (SSSR count). The Bertz CT molecular complexity index is 432. The van der Waals surface area contributed by atoms with Gasteiger partial charge < -0.3 is 15.2 Å². The fourth-order valence-electron chi connectivity index (χ4n) is 2.85. The molecule has 0 amide bonds. The van der Waals surface area contributed by atoms with E-state index in [-0.39, 0.29) is 6.04 Å². The minimum Gasteiger partial charge on any atom is -0.497 e. The minimum atomic E-state index is 0.167. The van der Waals surface area contributed by atoms with E-state index in [1.807, 2.05) is 18.2 Å². The SMILES string of the molecule is COc1ccc(OC)c(C(CN)N(C)CC2CCC2)c1. The van der Waals surface area contributed by atoms with Gasteiger partial charge in [0.25, 0.3) is 0 Å². The maximum atomic E-state index is 6.02. The van der Waals surface area contributed by atoms with Crippen molar-refractivity contribution in [1.29, 1.82) is 0 Å².